The van der Waals surface area contributed by atoms with Gasteiger partial charge in [-0.3, -0.25) is 19.6 Å². The zero-order chi connectivity index (χ0) is 56.7. The fourth-order valence-electron chi connectivity index (χ4n) is 9.20. The first-order valence-corrected chi connectivity index (χ1v) is 26.1. The van der Waals surface area contributed by atoms with Crippen molar-refractivity contribution in [3.05, 3.63) is 235 Å². The number of benzene rings is 6. The molecule has 0 aliphatic rings. The number of aliphatic carboxylic acids is 2. The first-order valence-electron chi connectivity index (χ1n) is 25.3. The molecule has 13 nitrogen and oxygen atoms in total. The molecule has 0 aliphatic carbocycles. The van der Waals surface area contributed by atoms with E-state index >= 15 is 0 Å². The summed E-state index contributed by atoms with van der Waals surface area (Å²) in [7, 11) is 0. The lowest BCUT2D eigenvalue weighted by molar-refractivity contribution is -0.138. The van der Waals surface area contributed by atoms with Gasteiger partial charge in [0.2, 0.25) is 0 Å². The molecule has 2 atom stereocenters. The Morgan fingerprint density at radius 3 is 1.52 bits per heavy atom. The summed E-state index contributed by atoms with van der Waals surface area (Å²) in [5.74, 6) is -1.80. The number of aryl methyl sites for hydroxylation is 1. The topological polar surface area (TPSA) is 197 Å². The van der Waals surface area contributed by atoms with Crippen LogP contribution in [0.2, 0.25) is 10.0 Å². The third-order valence-corrected chi connectivity index (χ3v) is 14.1. The third kappa shape index (κ3) is 15.2. The number of nitriles is 2. The predicted molar refractivity (Wildman–Crippen MR) is 297 cm³/mol. The normalized spacial score (nSPS) is 11.7. The van der Waals surface area contributed by atoms with E-state index in [9.17, 15) is 39.1 Å². The van der Waals surface area contributed by atoms with Crippen molar-refractivity contribution in [3.8, 4) is 46.3 Å². The lowest BCUT2D eigenvalue weighted by Crippen LogP contribution is -2.24. The Bertz CT molecular complexity index is 3370. The van der Waals surface area contributed by atoms with Crippen molar-refractivity contribution < 1.29 is 47.5 Å². The summed E-state index contributed by atoms with van der Waals surface area (Å²) in [6, 6.07) is 37.0. The highest BCUT2D eigenvalue weighted by Gasteiger charge is 2.22. The van der Waals surface area contributed by atoms with Gasteiger partial charge in [0, 0.05) is 66.2 Å². The summed E-state index contributed by atoms with van der Waals surface area (Å²) >= 11 is 13.9. The van der Waals surface area contributed by atoms with Crippen LogP contribution in [0.25, 0.3) is 11.1 Å². The monoisotopic (exact) mass is 1120 g/mol. The molecule has 0 spiro atoms. The summed E-state index contributed by atoms with van der Waals surface area (Å²) in [5.41, 5.74) is 10.2. The van der Waals surface area contributed by atoms with Gasteiger partial charge in [-0.2, -0.15) is 10.5 Å². The number of halogens is 4. The van der Waals surface area contributed by atoms with E-state index in [1.165, 1.54) is 48.8 Å². The molecule has 0 fully saturated rings. The Labute approximate surface area is 471 Å². The van der Waals surface area contributed by atoms with Crippen LogP contribution >= 0.6 is 23.2 Å². The van der Waals surface area contributed by atoms with Crippen LogP contribution in [0.3, 0.4) is 0 Å². The molecule has 0 bridgehead atoms. The van der Waals surface area contributed by atoms with Gasteiger partial charge in [0.25, 0.3) is 0 Å². The fraction of sp³-hybridized carbons (Fsp3) is 0.206. The van der Waals surface area contributed by atoms with Gasteiger partial charge in [-0.05, 0) is 131 Å². The summed E-state index contributed by atoms with van der Waals surface area (Å²) < 4.78 is 53.2. The highest BCUT2D eigenvalue weighted by atomic mass is 35.5. The van der Waals surface area contributed by atoms with Crippen LogP contribution in [-0.2, 0) is 49.0 Å². The third-order valence-electron chi connectivity index (χ3n) is 13.5. The van der Waals surface area contributed by atoms with Crippen LogP contribution in [0.15, 0.2) is 146 Å². The van der Waals surface area contributed by atoms with Gasteiger partial charge >= 0.3 is 11.9 Å². The predicted octanol–water partition coefficient (Wildman–Crippen LogP) is 13.9. The fourth-order valence-corrected chi connectivity index (χ4v) is 9.68. The summed E-state index contributed by atoms with van der Waals surface area (Å²) in [6.07, 6.45) is 6.44. The minimum atomic E-state index is -1.04. The van der Waals surface area contributed by atoms with Gasteiger partial charge in [-0.25, -0.2) is 8.78 Å². The van der Waals surface area contributed by atoms with E-state index < -0.39 is 35.5 Å². The molecule has 0 saturated heterocycles. The van der Waals surface area contributed by atoms with Crippen LogP contribution in [0.1, 0.15) is 98.0 Å². The average Bonchev–Trinajstić information content (AvgIpc) is 3.45. The molecule has 2 unspecified atom stereocenters. The molecule has 80 heavy (non-hydrogen) atoms. The number of rotatable bonds is 25. The van der Waals surface area contributed by atoms with Gasteiger partial charge in [-0.1, -0.05) is 83.9 Å². The Hall–Kier alpha value is -8.86. The highest BCUT2D eigenvalue weighted by Crippen LogP contribution is 2.39. The number of carboxylic acid groups (broad SMARTS) is 2. The maximum atomic E-state index is 13.8. The van der Waals surface area contributed by atoms with E-state index in [4.69, 9.17) is 42.1 Å². The number of hydrogen-bond donors (Lipinski definition) is 3. The molecule has 2 aromatic heterocycles. The van der Waals surface area contributed by atoms with E-state index in [1.807, 2.05) is 50.2 Å². The van der Waals surface area contributed by atoms with Crippen LogP contribution in [0.4, 0.5) is 8.78 Å². The molecule has 406 valence electrons. The zero-order valence-corrected chi connectivity index (χ0v) is 45.0. The van der Waals surface area contributed by atoms with Crippen LogP contribution in [-0.4, -0.2) is 32.1 Å². The minimum absolute atomic E-state index is 0.0456. The second-order valence-electron chi connectivity index (χ2n) is 19.0. The maximum Gasteiger partial charge on any atom is 0.305 e. The van der Waals surface area contributed by atoms with Crippen molar-refractivity contribution in [2.24, 2.45) is 0 Å². The highest BCUT2D eigenvalue weighted by molar-refractivity contribution is 6.32. The molecular weight excluding hydrogens is 1060 g/mol. The Morgan fingerprint density at radius 1 is 0.575 bits per heavy atom. The molecule has 0 radical (unpaired) electrons. The van der Waals surface area contributed by atoms with Crippen molar-refractivity contribution in [1.29, 1.82) is 10.5 Å². The van der Waals surface area contributed by atoms with E-state index in [0.29, 0.717) is 85.4 Å². The standard InChI is InChI=1S/C63H53Cl2F2N5O8/c1-38-48(36-79-60-25-58(77-34-42-19-40(27-68)29-70-31-42)47(21-55(60)64)10-9-46(23-62(73)74)44-11-15-51(66)16-12-44)5-3-7-53(38)54-8-4-6-49(39(54)2)37-80-61-26-59(78-35-43-20-41(28-69)30-71-32-43)50(22-56(61)65)33-72-57(24-63(75)76)45-13-17-52(67)18-14-45/h3-8,11-22,25-26,29-32,46,57,72H,9-10,23-24,33-37H2,1-2H3,(H,73,74)(H,75,76). The van der Waals surface area contributed by atoms with E-state index in [2.05, 4.69) is 27.4 Å². The second kappa shape index (κ2) is 27.1. The van der Waals surface area contributed by atoms with E-state index in [0.717, 1.165) is 33.4 Å². The lowest BCUT2D eigenvalue weighted by Gasteiger charge is -2.21. The Morgan fingerprint density at radius 2 is 1.04 bits per heavy atom. The summed E-state index contributed by atoms with van der Waals surface area (Å²) in [6.45, 7) is 4.54. The molecule has 6 aromatic carbocycles. The number of pyridine rings is 2. The Kier molecular flexibility index (Phi) is 19.4. The molecule has 2 heterocycles. The van der Waals surface area contributed by atoms with Gasteiger partial charge in [0.15, 0.2) is 0 Å². The van der Waals surface area contributed by atoms with Crippen molar-refractivity contribution in [2.75, 3.05) is 0 Å². The van der Waals surface area contributed by atoms with Crippen LogP contribution in [0.5, 0.6) is 23.0 Å². The molecule has 3 N–H and O–H groups in total. The molecular formula is C63H53Cl2F2N5O8. The first-order chi connectivity index (χ1) is 38.6. The number of aromatic nitrogens is 2. The summed E-state index contributed by atoms with van der Waals surface area (Å²) in [5, 5.41) is 42.3. The maximum absolute atomic E-state index is 13.8. The summed E-state index contributed by atoms with van der Waals surface area (Å²) in [4.78, 5) is 32.1. The van der Waals surface area contributed by atoms with Gasteiger partial charge in [-0.15, -0.1) is 0 Å². The minimum Gasteiger partial charge on any atom is -0.488 e. The molecule has 0 saturated carbocycles. The van der Waals surface area contributed by atoms with E-state index in [1.54, 1.807) is 60.9 Å². The molecule has 0 amide bonds. The second-order valence-corrected chi connectivity index (χ2v) is 19.8. The smallest absolute Gasteiger partial charge is 0.305 e. The molecule has 17 heteroatoms. The SMILES string of the molecule is Cc1c(COc2cc(OCc3cncc(C#N)c3)c(CCC(CC(=O)O)c3ccc(F)cc3)cc2Cl)cccc1-c1cccc(COc2cc(OCc3cncc(C#N)c3)c(CNC(CC(=O)O)c3ccc(F)cc3)cc2Cl)c1C. The van der Waals surface area contributed by atoms with Crippen LogP contribution in [0, 0.1) is 48.1 Å². The lowest BCUT2D eigenvalue weighted by atomic mass is 9.89. The van der Waals surface area contributed by atoms with Crippen molar-refractivity contribution in [3.63, 3.8) is 0 Å². The van der Waals surface area contributed by atoms with Crippen molar-refractivity contribution in [2.45, 2.75) is 84.5 Å². The number of hydrogen-bond acceptors (Lipinski definition) is 11. The first kappa shape index (κ1) is 57.3. The van der Waals surface area contributed by atoms with Gasteiger partial charge in [0.1, 0.15) is 73.2 Å². The number of nitrogens with one attached hydrogen (secondary N) is 1. The quantitative estimate of drug-likeness (QED) is 0.0489. The van der Waals surface area contributed by atoms with Gasteiger partial charge < -0.3 is 34.5 Å². The zero-order valence-electron chi connectivity index (χ0n) is 43.5. The number of carbonyl (C=O) groups is 2. The number of ether oxygens (including phenoxy) is 4. The van der Waals surface area contributed by atoms with Crippen LogP contribution < -0.4 is 24.3 Å². The van der Waals surface area contributed by atoms with E-state index in [-0.39, 0.29) is 50.8 Å². The number of nitrogens with zero attached hydrogens (tertiary/aromatic N) is 4. The largest absolute Gasteiger partial charge is 0.488 e. The van der Waals surface area contributed by atoms with Gasteiger partial charge in [0.05, 0.1) is 34.0 Å². The molecule has 8 rings (SSSR count). The average molecular weight is 1120 g/mol. The molecule has 8 aromatic rings. The number of carboxylic acids is 2. The molecule has 0 aliphatic heterocycles. The van der Waals surface area contributed by atoms with Crippen molar-refractivity contribution in [1.82, 2.24) is 15.3 Å². The van der Waals surface area contributed by atoms with Crippen molar-refractivity contribution >= 4 is 35.1 Å². The Balaban J connectivity index is 1.01.